The van der Waals surface area contributed by atoms with E-state index in [-0.39, 0.29) is 24.3 Å². The number of esters is 1. The van der Waals surface area contributed by atoms with Gasteiger partial charge in [-0.1, -0.05) is 78.6 Å². The normalized spacial score (nSPS) is 22.7. The fourth-order valence-electron chi connectivity index (χ4n) is 4.43. The smallest absolute Gasteiger partial charge is 0.330 e. The fourth-order valence-corrected chi connectivity index (χ4v) is 6.84. The van der Waals surface area contributed by atoms with Gasteiger partial charge in [-0.05, 0) is 63.1 Å². The number of aliphatic hydroxyl groups excluding tert-OH is 1. The summed E-state index contributed by atoms with van der Waals surface area (Å²) in [5.74, 6) is -1.05. The van der Waals surface area contributed by atoms with Crippen LogP contribution in [0.2, 0.25) is 23.7 Å². The van der Waals surface area contributed by atoms with E-state index < -0.39 is 13.9 Å². The van der Waals surface area contributed by atoms with Crippen molar-refractivity contribution in [3.8, 4) is 0 Å². The van der Waals surface area contributed by atoms with Crippen LogP contribution in [0.4, 0.5) is 0 Å². The molecule has 4 atom stereocenters. The first kappa shape index (κ1) is 32.1. The van der Waals surface area contributed by atoms with Crippen LogP contribution in [0.3, 0.4) is 0 Å². The number of carbonyl (C=O) groups excluding carboxylic acids is 1. The Morgan fingerprint density at radius 3 is 2.23 bits per heavy atom. The van der Waals surface area contributed by atoms with Crippen LogP contribution in [0.1, 0.15) is 99.8 Å². The Morgan fingerprint density at radius 1 is 1.03 bits per heavy atom. The number of carbonyl (C=O) groups is 1. The third kappa shape index (κ3) is 11.8. The van der Waals surface area contributed by atoms with E-state index in [9.17, 15) is 9.90 Å². The van der Waals surface area contributed by atoms with Crippen molar-refractivity contribution < 1.29 is 24.1 Å². The summed E-state index contributed by atoms with van der Waals surface area (Å²) in [6, 6.07) is 0. The molecule has 0 bridgehead atoms. The van der Waals surface area contributed by atoms with Gasteiger partial charge in [-0.15, -0.1) is 0 Å². The van der Waals surface area contributed by atoms with E-state index in [2.05, 4.69) is 46.9 Å². The highest BCUT2D eigenvalue weighted by molar-refractivity contribution is 6.81. The Morgan fingerprint density at radius 2 is 1.63 bits per heavy atom. The maximum atomic E-state index is 11.6. The van der Waals surface area contributed by atoms with Crippen LogP contribution in [0.25, 0.3) is 0 Å². The average Bonchev–Trinajstić information content (AvgIpc) is 3.04. The SMILES string of the molecule is CCOC(=O)/C=C/[C@H]1OC(C)(C)O[C@H]1/C=C/CCCCC[C@H](O)CCC[C@H](C)[Si](C)(C)C(C)(C)C. The van der Waals surface area contributed by atoms with Gasteiger partial charge in [0.2, 0.25) is 0 Å². The van der Waals surface area contributed by atoms with Crippen LogP contribution in [-0.4, -0.2) is 49.9 Å². The predicted molar refractivity (Wildman–Crippen MR) is 148 cm³/mol. The minimum Gasteiger partial charge on any atom is -0.463 e. The number of aliphatic hydroxyl groups is 1. The molecule has 0 spiro atoms. The predicted octanol–water partition coefficient (Wildman–Crippen LogP) is 7.56. The lowest BCUT2D eigenvalue weighted by molar-refractivity contribution is -0.140. The molecule has 1 aliphatic rings. The molecule has 1 fully saturated rings. The van der Waals surface area contributed by atoms with Gasteiger partial charge in [-0.2, -0.15) is 0 Å². The molecule has 0 aromatic heterocycles. The molecule has 0 amide bonds. The highest BCUT2D eigenvalue weighted by atomic mass is 28.3. The van der Waals surface area contributed by atoms with Crippen molar-refractivity contribution in [2.75, 3.05) is 6.61 Å². The molecular weight excluding hydrogens is 456 g/mol. The molecule has 1 aliphatic heterocycles. The van der Waals surface area contributed by atoms with Crippen molar-refractivity contribution in [3.05, 3.63) is 24.3 Å². The molecule has 0 aromatic carbocycles. The van der Waals surface area contributed by atoms with E-state index >= 15 is 0 Å². The molecule has 35 heavy (non-hydrogen) atoms. The van der Waals surface area contributed by atoms with Crippen molar-refractivity contribution in [2.45, 2.75) is 148 Å². The second kappa shape index (κ2) is 14.7. The second-order valence-electron chi connectivity index (χ2n) is 12.2. The molecule has 0 unspecified atom stereocenters. The molecule has 204 valence electrons. The summed E-state index contributed by atoms with van der Waals surface area (Å²) >= 11 is 0. The Labute approximate surface area is 216 Å². The first-order valence-electron chi connectivity index (χ1n) is 13.7. The van der Waals surface area contributed by atoms with Crippen molar-refractivity contribution >= 4 is 14.0 Å². The van der Waals surface area contributed by atoms with Gasteiger partial charge in [0.25, 0.3) is 0 Å². The minimum atomic E-state index is -1.29. The lowest BCUT2D eigenvalue weighted by Gasteiger charge is -2.42. The molecule has 1 heterocycles. The summed E-state index contributed by atoms with van der Waals surface area (Å²) in [7, 11) is -1.29. The summed E-state index contributed by atoms with van der Waals surface area (Å²) in [5, 5.41) is 10.8. The van der Waals surface area contributed by atoms with Crippen LogP contribution >= 0.6 is 0 Å². The third-order valence-corrected chi connectivity index (χ3v) is 14.6. The van der Waals surface area contributed by atoms with Crippen molar-refractivity contribution in [1.82, 2.24) is 0 Å². The molecule has 5 nitrogen and oxygen atoms in total. The summed E-state index contributed by atoms with van der Waals surface area (Å²) < 4.78 is 16.8. The molecule has 0 saturated carbocycles. The Hall–Kier alpha value is -0.953. The molecular formula is C29H54O5Si. The Kier molecular flexibility index (Phi) is 13.5. The zero-order valence-corrected chi connectivity index (χ0v) is 25.1. The van der Waals surface area contributed by atoms with E-state index in [1.807, 2.05) is 19.9 Å². The lowest BCUT2D eigenvalue weighted by Crippen LogP contribution is -2.41. The zero-order valence-electron chi connectivity index (χ0n) is 24.1. The first-order chi connectivity index (χ1) is 16.2. The van der Waals surface area contributed by atoms with Crippen LogP contribution in [0.15, 0.2) is 24.3 Å². The summed E-state index contributed by atoms with van der Waals surface area (Å²) in [5.41, 5.74) is 0.779. The summed E-state index contributed by atoms with van der Waals surface area (Å²) in [6.45, 7) is 20.5. The van der Waals surface area contributed by atoms with Crippen molar-refractivity contribution in [2.24, 2.45) is 0 Å². The van der Waals surface area contributed by atoms with Gasteiger partial charge in [0.15, 0.2) is 5.79 Å². The topological polar surface area (TPSA) is 65.0 Å². The van der Waals surface area contributed by atoms with Crippen LogP contribution in [0, 0.1) is 0 Å². The summed E-state index contributed by atoms with van der Waals surface area (Å²) in [4.78, 5) is 11.6. The maximum Gasteiger partial charge on any atom is 0.330 e. The fraction of sp³-hybridized carbons (Fsp3) is 0.828. The standard InChI is InChI=1S/C29H54O5Si/c1-10-32-27(31)22-21-26-25(33-29(6,7)34-26)20-15-13-11-12-14-18-24(30)19-16-17-23(2)35(8,9)28(3,4)5/h15,20-26,30H,10-14,16-19H2,1-9H3/b20-15+,22-21+/t23-,24-,25-,26+/m0/s1. The number of unbranched alkanes of at least 4 members (excludes halogenated alkanes) is 3. The van der Waals surface area contributed by atoms with Gasteiger partial charge < -0.3 is 19.3 Å². The quantitative estimate of drug-likeness (QED) is 0.0809. The van der Waals surface area contributed by atoms with E-state index in [0.717, 1.165) is 50.5 Å². The highest BCUT2D eigenvalue weighted by Gasteiger charge is 2.39. The first-order valence-corrected chi connectivity index (χ1v) is 16.8. The van der Waals surface area contributed by atoms with Crippen LogP contribution in [0.5, 0.6) is 0 Å². The third-order valence-electron chi connectivity index (χ3n) is 7.95. The number of rotatable bonds is 15. The zero-order chi connectivity index (χ0) is 26.7. The van der Waals surface area contributed by atoms with Gasteiger partial charge in [0, 0.05) is 6.08 Å². The summed E-state index contributed by atoms with van der Waals surface area (Å²) in [6.07, 6.45) is 15.0. The monoisotopic (exact) mass is 510 g/mol. The Balaban J connectivity index is 2.27. The highest BCUT2D eigenvalue weighted by Crippen LogP contribution is 2.45. The van der Waals surface area contributed by atoms with Gasteiger partial charge in [-0.25, -0.2) is 4.79 Å². The molecule has 6 heteroatoms. The van der Waals surface area contributed by atoms with E-state index in [4.69, 9.17) is 14.2 Å². The molecule has 1 rings (SSSR count). The molecule has 1 N–H and O–H groups in total. The molecule has 1 saturated heterocycles. The van der Waals surface area contributed by atoms with Crippen molar-refractivity contribution in [3.63, 3.8) is 0 Å². The van der Waals surface area contributed by atoms with Crippen LogP contribution in [-0.2, 0) is 19.0 Å². The number of allylic oxidation sites excluding steroid dienone is 1. The number of ether oxygens (including phenoxy) is 3. The van der Waals surface area contributed by atoms with E-state index in [1.54, 1.807) is 13.0 Å². The lowest BCUT2D eigenvalue weighted by atomic mass is 10.0. The largest absolute Gasteiger partial charge is 0.463 e. The maximum absolute atomic E-state index is 11.6. The van der Waals surface area contributed by atoms with Gasteiger partial charge >= 0.3 is 5.97 Å². The molecule has 0 radical (unpaired) electrons. The molecule has 0 aliphatic carbocycles. The number of hydrogen-bond donors (Lipinski definition) is 1. The van der Waals surface area contributed by atoms with Gasteiger partial charge in [0.1, 0.15) is 12.2 Å². The average molecular weight is 511 g/mol. The van der Waals surface area contributed by atoms with Crippen LogP contribution < -0.4 is 0 Å². The molecule has 0 aromatic rings. The van der Waals surface area contributed by atoms with E-state index in [1.165, 1.54) is 12.5 Å². The number of hydrogen-bond acceptors (Lipinski definition) is 5. The van der Waals surface area contributed by atoms with E-state index in [0.29, 0.717) is 11.6 Å². The van der Waals surface area contributed by atoms with Gasteiger partial charge in [0.05, 0.1) is 20.8 Å². The van der Waals surface area contributed by atoms with Crippen molar-refractivity contribution in [1.29, 1.82) is 0 Å². The minimum absolute atomic E-state index is 0.171. The van der Waals surface area contributed by atoms with Gasteiger partial charge in [-0.3, -0.25) is 0 Å². The second-order valence-corrected chi connectivity index (χ2v) is 18.1. The Bertz CT molecular complexity index is 677.